The molecule has 172 valence electrons. The van der Waals surface area contributed by atoms with Gasteiger partial charge >= 0.3 is 0 Å². The number of ether oxygens (including phenoxy) is 2. The summed E-state index contributed by atoms with van der Waals surface area (Å²) in [5, 5.41) is 9.66. The summed E-state index contributed by atoms with van der Waals surface area (Å²) in [5.41, 5.74) is 3.49. The lowest BCUT2D eigenvalue weighted by molar-refractivity contribution is -0.131. The highest BCUT2D eigenvalue weighted by Gasteiger charge is 2.39. The van der Waals surface area contributed by atoms with E-state index in [1.807, 2.05) is 71.6 Å². The molecule has 0 saturated carbocycles. The lowest BCUT2D eigenvalue weighted by atomic mass is 9.93. The summed E-state index contributed by atoms with van der Waals surface area (Å²) in [7, 11) is 1.64. The van der Waals surface area contributed by atoms with Crippen LogP contribution in [0.2, 0.25) is 0 Å². The molecule has 1 fully saturated rings. The Balaban J connectivity index is 1.45. The van der Waals surface area contributed by atoms with Gasteiger partial charge in [-0.1, -0.05) is 48.5 Å². The monoisotopic (exact) mass is 452 g/mol. The summed E-state index contributed by atoms with van der Waals surface area (Å²) in [6.07, 6.45) is 2.41. The molecule has 0 aromatic heterocycles. The Bertz CT molecular complexity index is 1180. The average molecular weight is 453 g/mol. The molecule has 1 saturated heterocycles. The molecule has 0 N–H and O–H groups in total. The molecule has 34 heavy (non-hydrogen) atoms. The maximum atomic E-state index is 13.1. The fraction of sp³-hybridized carbons (Fsp3) is 0.241. The van der Waals surface area contributed by atoms with Crippen LogP contribution in [0.4, 0.5) is 0 Å². The largest absolute Gasteiger partial charge is 0.497 e. The highest BCUT2D eigenvalue weighted by atomic mass is 16.5. The Morgan fingerprint density at radius 3 is 2.50 bits per heavy atom. The summed E-state index contributed by atoms with van der Waals surface area (Å²) in [6, 6.07) is 25.5. The van der Waals surface area contributed by atoms with Crippen LogP contribution in [0.15, 0.2) is 85.5 Å². The van der Waals surface area contributed by atoms with Crippen molar-refractivity contribution in [3.63, 3.8) is 0 Å². The number of benzene rings is 3. The predicted octanol–water partition coefficient (Wildman–Crippen LogP) is 5.46. The summed E-state index contributed by atoms with van der Waals surface area (Å²) in [6.45, 7) is 5.42. The van der Waals surface area contributed by atoms with Crippen LogP contribution in [0.1, 0.15) is 17.5 Å². The number of nitrogens with zero attached hydrogens (tertiary/aromatic N) is 2. The van der Waals surface area contributed by atoms with Gasteiger partial charge in [0.25, 0.3) is 0 Å². The Kier molecular flexibility index (Phi) is 7.29. The highest BCUT2D eigenvalue weighted by Crippen LogP contribution is 2.32. The van der Waals surface area contributed by atoms with E-state index < -0.39 is 0 Å². The third-order valence-corrected chi connectivity index (χ3v) is 6.27. The van der Waals surface area contributed by atoms with Gasteiger partial charge in [0, 0.05) is 24.9 Å². The molecular weight excluding hydrogens is 424 g/mol. The van der Waals surface area contributed by atoms with Crippen molar-refractivity contribution < 1.29 is 14.3 Å². The van der Waals surface area contributed by atoms with Crippen molar-refractivity contribution in [1.29, 1.82) is 5.26 Å². The van der Waals surface area contributed by atoms with E-state index in [4.69, 9.17) is 9.47 Å². The van der Waals surface area contributed by atoms with Crippen LogP contribution in [0.25, 0.3) is 11.1 Å². The summed E-state index contributed by atoms with van der Waals surface area (Å²) in [4.78, 5) is 15.0. The van der Waals surface area contributed by atoms with Gasteiger partial charge in [-0.25, -0.2) is 0 Å². The van der Waals surface area contributed by atoms with Crippen molar-refractivity contribution in [2.24, 2.45) is 11.8 Å². The first kappa shape index (κ1) is 23.1. The van der Waals surface area contributed by atoms with Crippen LogP contribution in [-0.4, -0.2) is 31.1 Å². The van der Waals surface area contributed by atoms with Crippen molar-refractivity contribution in [3.05, 3.63) is 96.6 Å². The normalized spacial score (nSPS) is 17.3. The van der Waals surface area contributed by atoms with E-state index in [1.165, 1.54) is 0 Å². The number of allylic oxidation sites excluding steroid dienone is 1. The zero-order valence-electron chi connectivity index (χ0n) is 19.3. The number of methoxy groups -OCH3 is 1. The molecule has 1 aliphatic heterocycles. The zero-order chi connectivity index (χ0) is 23.9. The number of carbonyl (C=O) groups excluding carboxylic acids is 1. The first-order valence-electron chi connectivity index (χ1n) is 11.4. The molecule has 0 bridgehead atoms. The Morgan fingerprint density at radius 1 is 1.09 bits per heavy atom. The minimum atomic E-state index is -0.158. The van der Waals surface area contributed by atoms with Gasteiger partial charge < -0.3 is 14.4 Å². The SMILES string of the molecule is C=CCC1C(=O)N(Cc2ccc(OC)cc2)CC1COc1ccc(-c2ccccc2)c(C#N)c1. The average Bonchev–Trinajstić information content (AvgIpc) is 3.17. The molecule has 0 spiro atoms. The first-order valence-corrected chi connectivity index (χ1v) is 11.4. The summed E-state index contributed by atoms with van der Waals surface area (Å²) < 4.78 is 11.3. The number of likely N-dealkylation sites (tertiary alicyclic amines) is 1. The van der Waals surface area contributed by atoms with Crippen molar-refractivity contribution in [1.82, 2.24) is 4.90 Å². The van der Waals surface area contributed by atoms with Gasteiger partial charge in [0.15, 0.2) is 0 Å². The molecule has 3 aromatic rings. The smallest absolute Gasteiger partial charge is 0.226 e. The van der Waals surface area contributed by atoms with Gasteiger partial charge in [-0.3, -0.25) is 4.79 Å². The van der Waals surface area contributed by atoms with Crippen molar-refractivity contribution in [3.8, 4) is 28.7 Å². The molecule has 2 unspecified atom stereocenters. The number of carbonyl (C=O) groups is 1. The number of nitriles is 1. The van der Waals surface area contributed by atoms with Crippen LogP contribution in [0.5, 0.6) is 11.5 Å². The first-order chi connectivity index (χ1) is 16.6. The lowest BCUT2D eigenvalue weighted by Crippen LogP contribution is -2.26. The van der Waals surface area contributed by atoms with E-state index in [-0.39, 0.29) is 17.7 Å². The van der Waals surface area contributed by atoms with Gasteiger partial charge in [-0.15, -0.1) is 6.58 Å². The molecule has 0 radical (unpaired) electrons. The van der Waals surface area contributed by atoms with Gasteiger partial charge in [-0.05, 0) is 53.4 Å². The Labute approximate surface area is 200 Å². The van der Waals surface area contributed by atoms with E-state index in [0.29, 0.717) is 37.4 Å². The molecular formula is C29H28N2O3. The molecule has 1 amide bonds. The standard InChI is InChI=1S/C29H28N2O3/c1-3-7-28-24(19-31(29(28)32)18-21-10-12-25(33-2)13-11-21)20-34-26-14-15-27(23(16-26)17-30)22-8-5-4-6-9-22/h3-6,8-16,24,28H,1,7,18-20H2,2H3. The molecule has 1 aliphatic rings. The molecule has 1 heterocycles. The number of hydrogen-bond acceptors (Lipinski definition) is 4. The van der Waals surface area contributed by atoms with Crippen LogP contribution >= 0.6 is 0 Å². The van der Waals surface area contributed by atoms with Crippen molar-refractivity contribution in [2.75, 3.05) is 20.3 Å². The quantitative estimate of drug-likeness (QED) is 0.404. The van der Waals surface area contributed by atoms with Crippen LogP contribution < -0.4 is 9.47 Å². The van der Waals surface area contributed by atoms with E-state index in [0.717, 1.165) is 22.4 Å². The Hall–Kier alpha value is -4.04. The fourth-order valence-electron chi connectivity index (χ4n) is 4.45. The second-order valence-electron chi connectivity index (χ2n) is 8.45. The molecule has 0 aliphatic carbocycles. The molecule has 5 heteroatoms. The van der Waals surface area contributed by atoms with E-state index in [2.05, 4.69) is 12.6 Å². The van der Waals surface area contributed by atoms with Crippen LogP contribution in [0, 0.1) is 23.2 Å². The van der Waals surface area contributed by atoms with Gasteiger partial charge in [0.05, 0.1) is 25.3 Å². The van der Waals surface area contributed by atoms with Gasteiger partial charge in [0.1, 0.15) is 11.5 Å². The third-order valence-electron chi connectivity index (χ3n) is 6.27. The number of hydrogen-bond donors (Lipinski definition) is 0. The second-order valence-corrected chi connectivity index (χ2v) is 8.45. The summed E-state index contributed by atoms with van der Waals surface area (Å²) >= 11 is 0. The van der Waals surface area contributed by atoms with Crippen molar-refractivity contribution >= 4 is 5.91 Å². The third kappa shape index (κ3) is 5.13. The summed E-state index contributed by atoms with van der Waals surface area (Å²) in [5.74, 6) is 1.44. The number of amides is 1. The highest BCUT2D eigenvalue weighted by molar-refractivity contribution is 5.81. The maximum absolute atomic E-state index is 13.1. The second kappa shape index (κ2) is 10.7. The molecule has 3 aromatic carbocycles. The lowest BCUT2D eigenvalue weighted by Gasteiger charge is -2.17. The minimum Gasteiger partial charge on any atom is -0.497 e. The van der Waals surface area contributed by atoms with Crippen molar-refractivity contribution in [2.45, 2.75) is 13.0 Å². The van der Waals surface area contributed by atoms with Crippen LogP contribution in [-0.2, 0) is 11.3 Å². The zero-order valence-corrected chi connectivity index (χ0v) is 19.3. The molecule has 5 nitrogen and oxygen atoms in total. The fourth-order valence-corrected chi connectivity index (χ4v) is 4.45. The Morgan fingerprint density at radius 2 is 1.82 bits per heavy atom. The molecule has 4 rings (SSSR count). The van der Waals surface area contributed by atoms with E-state index in [1.54, 1.807) is 19.3 Å². The van der Waals surface area contributed by atoms with Crippen LogP contribution in [0.3, 0.4) is 0 Å². The van der Waals surface area contributed by atoms with E-state index >= 15 is 0 Å². The maximum Gasteiger partial charge on any atom is 0.226 e. The minimum absolute atomic E-state index is 0.0445. The van der Waals surface area contributed by atoms with Gasteiger partial charge in [-0.2, -0.15) is 5.26 Å². The predicted molar refractivity (Wildman–Crippen MR) is 132 cm³/mol. The molecule has 2 atom stereocenters. The number of rotatable bonds is 9. The van der Waals surface area contributed by atoms with Gasteiger partial charge in [0.2, 0.25) is 5.91 Å². The van der Waals surface area contributed by atoms with E-state index in [9.17, 15) is 10.1 Å². The topological polar surface area (TPSA) is 62.6 Å².